The van der Waals surface area contributed by atoms with Gasteiger partial charge in [-0.05, 0) is 37.4 Å². The highest BCUT2D eigenvalue weighted by molar-refractivity contribution is 5.52. The summed E-state index contributed by atoms with van der Waals surface area (Å²) < 4.78 is 16.4. The minimum atomic E-state index is 0.510. The molecule has 1 saturated heterocycles. The van der Waals surface area contributed by atoms with Crippen LogP contribution in [0.1, 0.15) is 31.2 Å². The van der Waals surface area contributed by atoms with Crippen LogP contribution < -0.4 is 19.5 Å². The number of nitrogens with one attached hydrogen (secondary N) is 1. The lowest BCUT2D eigenvalue weighted by Crippen LogP contribution is -2.35. The van der Waals surface area contributed by atoms with E-state index in [0.29, 0.717) is 11.8 Å². The van der Waals surface area contributed by atoms with Crippen molar-refractivity contribution in [1.82, 2.24) is 5.32 Å². The lowest BCUT2D eigenvalue weighted by atomic mass is 9.79. The number of rotatable bonds is 5. The van der Waals surface area contributed by atoms with Crippen LogP contribution in [-0.4, -0.2) is 34.4 Å². The molecule has 112 valence electrons. The molecule has 4 heteroatoms. The number of piperidine rings is 1. The summed E-state index contributed by atoms with van der Waals surface area (Å²) in [5.41, 5.74) is 1.23. The molecule has 0 amide bonds. The SMILES string of the molecule is CCC1CNCCC1c1cc(OC)c(OC)cc1OC. The van der Waals surface area contributed by atoms with E-state index in [0.717, 1.165) is 43.2 Å². The van der Waals surface area contributed by atoms with E-state index >= 15 is 0 Å². The highest BCUT2D eigenvalue weighted by Crippen LogP contribution is 2.43. The smallest absolute Gasteiger partial charge is 0.164 e. The van der Waals surface area contributed by atoms with Crippen LogP contribution >= 0.6 is 0 Å². The lowest BCUT2D eigenvalue weighted by molar-refractivity contribution is 0.303. The fourth-order valence-corrected chi connectivity index (χ4v) is 3.10. The molecule has 0 saturated carbocycles. The zero-order chi connectivity index (χ0) is 14.5. The molecule has 1 aromatic carbocycles. The molecule has 1 aromatic rings. The van der Waals surface area contributed by atoms with Gasteiger partial charge in [0.1, 0.15) is 5.75 Å². The van der Waals surface area contributed by atoms with Gasteiger partial charge in [-0.2, -0.15) is 0 Å². The summed E-state index contributed by atoms with van der Waals surface area (Å²) in [6.07, 6.45) is 2.29. The molecule has 0 spiro atoms. The molecule has 0 aliphatic carbocycles. The molecule has 4 nitrogen and oxygen atoms in total. The molecule has 20 heavy (non-hydrogen) atoms. The van der Waals surface area contributed by atoms with E-state index in [2.05, 4.69) is 18.3 Å². The van der Waals surface area contributed by atoms with Gasteiger partial charge in [0.25, 0.3) is 0 Å². The Balaban J connectivity index is 2.42. The van der Waals surface area contributed by atoms with Gasteiger partial charge < -0.3 is 19.5 Å². The Bertz CT molecular complexity index is 448. The van der Waals surface area contributed by atoms with Gasteiger partial charge in [0.2, 0.25) is 0 Å². The molecule has 2 unspecified atom stereocenters. The van der Waals surface area contributed by atoms with E-state index < -0.39 is 0 Å². The first-order valence-electron chi connectivity index (χ1n) is 7.25. The van der Waals surface area contributed by atoms with Crippen molar-refractivity contribution in [2.75, 3.05) is 34.4 Å². The van der Waals surface area contributed by atoms with Gasteiger partial charge in [0.15, 0.2) is 11.5 Å². The van der Waals surface area contributed by atoms with Gasteiger partial charge in [-0.25, -0.2) is 0 Å². The van der Waals surface area contributed by atoms with Gasteiger partial charge in [0, 0.05) is 11.6 Å². The molecule has 1 N–H and O–H groups in total. The molecule has 1 fully saturated rings. The van der Waals surface area contributed by atoms with Crippen molar-refractivity contribution < 1.29 is 14.2 Å². The second kappa shape index (κ2) is 6.84. The Hall–Kier alpha value is -1.42. The van der Waals surface area contributed by atoms with Crippen LogP contribution in [0.4, 0.5) is 0 Å². The normalized spacial score (nSPS) is 22.4. The van der Waals surface area contributed by atoms with Gasteiger partial charge in [0.05, 0.1) is 21.3 Å². The summed E-state index contributed by atoms with van der Waals surface area (Å²) >= 11 is 0. The topological polar surface area (TPSA) is 39.7 Å². The Morgan fingerprint density at radius 1 is 1.05 bits per heavy atom. The standard InChI is InChI=1S/C16H25NO3/c1-5-11-10-17-7-6-12(11)13-8-15(19-3)16(20-4)9-14(13)18-2/h8-9,11-12,17H,5-7,10H2,1-4H3. The second-order valence-electron chi connectivity index (χ2n) is 5.22. The third-order valence-electron chi connectivity index (χ3n) is 4.27. The van der Waals surface area contributed by atoms with E-state index in [4.69, 9.17) is 14.2 Å². The monoisotopic (exact) mass is 279 g/mol. The Kier molecular flexibility index (Phi) is 5.12. The third-order valence-corrected chi connectivity index (χ3v) is 4.27. The van der Waals surface area contributed by atoms with E-state index in [9.17, 15) is 0 Å². The fraction of sp³-hybridized carbons (Fsp3) is 0.625. The van der Waals surface area contributed by atoms with Gasteiger partial charge in [-0.15, -0.1) is 0 Å². The number of benzene rings is 1. The van der Waals surface area contributed by atoms with Crippen molar-refractivity contribution in [2.45, 2.75) is 25.7 Å². The molecule has 2 atom stereocenters. The average molecular weight is 279 g/mol. The molecule has 2 rings (SSSR count). The van der Waals surface area contributed by atoms with Crippen molar-refractivity contribution in [3.05, 3.63) is 17.7 Å². The highest BCUT2D eigenvalue weighted by Gasteiger charge is 2.28. The maximum atomic E-state index is 5.58. The number of methoxy groups -OCH3 is 3. The van der Waals surface area contributed by atoms with Crippen LogP contribution in [0.2, 0.25) is 0 Å². The van der Waals surface area contributed by atoms with Crippen molar-refractivity contribution in [3.8, 4) is 17.2 Å². The van der Waals surface area contributed by atoms with E-state index in [1.54, 1.807) is 21.3 Å². The van der Waals surface area contributed by atoms with Crippen LogP contribution in [-0.2, 0) is 0 Å². The molecule has 1 aliphatic rings. The molecule has 0 radical (unpaired) electrons. The summed E-state index contributed by atoms with van der Waals surface area (Å²) in [6.45, 7) is 4.37. The molecule has 1 aliphatic heterocycles. The first-order valence-corrected chi connectivity index (χ1v) is 7.25. The molecule has 0 aromatic heterocycles. The fourth-order valence-electron chi connectivity index (χ4n) is 3.10. The van der Waals surface area contributed by atoms with Gasteiger partial charge >= 0.3 is 0 Å². The minimum absolute atomic E-state index is 0.510. The minimum Gasteiger partial charge on any atom is -0.496 e. The zero-order valence-corrected chi connectivity index (χ0v) is 12.9. The van der Waals surface area contributed by atoms with Gasteiger partial charge in [-0.1, -0.05) is 13.3 Å². The third kappa shape index (κ3) is 2.85. The second-order valence-corrected chi connectivity index (χ2v) is 5.22. The summed E-state index contributed by atoms with van der Waals surface area (Å²) in [5, 5.41) is 3.48. The summed E-state index contributed by atoms with van der Waals surface area (Å²) in [4.78, 5) is 0. The first-order chi connectivity index (χ1) is 9.74. The van der Waals surface area contributed by atoms with E-state index in [1.165, 1.54) is 5.56 Å². The summed E-state index contributed by atoms with van der Waals surface area (Å²) in [5.74, 6) is 3.53. The molecular formula is C16H25NO3. The van der Waals surface area contributed by atoms with Gasteiger partial charge in [-0.3, -0.25) is 0 Å². The first kappa shape index (κ1) is 15.0. The maximum Gasteiger partial charge on any atom is 0.164 e. The maximum absolute atomic E-state index is 5.58. The predicted octanol–water partition coefficient (Wildman–Crippen LogP) is 2.82. The van der Waals surface area contributed by atoms with Crippen molar-refractivity contribution in [2.24, 2.45) is 5.92 Å². The van der Waals surface area contributed by atoms with Crippen LogP contribution in [0.25, 0.3) is 0 Å². The largest absolute Gasteiger partial charge is 0.496 e. The Labute approximate surface area is 121 Å². The van der Waals surface area contributed by atoms with Crippen LogP contribution in [0.5, 0.6) is 17.2 Å². The molecule has 1 heterocycles. The van der Waals surface area contributed by atoms with E-state index in [-0.39, 0.29) is 0 Å². The van der Waals surface area contributed by atoms with Crippen molar-refractivity contribution >= 4 is 0 Å². The van der Waals surface area contributed by atoms with Crippen molar-refractivity contribution in [1.29, 1.82) is 0 Å². The van der Waals surface area contributed by atoms with Crippen molar-refractivity contribution in [3.63, 3.8) is 0 Å². The summed E-state index contributed by atoms with van der Waals surface area (Å²) in [6, 6.07) is 4.01. The number of ether oxygens (including phenoxy) is 3. The number of hydrogen-bond acceptors (Lipinski definition) is 4. The lowest BCUT2D eigenvalue weighted by Gasteiger charge is -2.33. The predicted molar refractivity (Wildman–Crippen MR) is 80.1 cm³/mol. The Morgan fingerprint density at radius 2 is 1.70 bits per heavy atom. The van der Waals surface area contributed by atoms with Crippen LogP contribution in [0.15, 0.2) is 12.1 Å². The van der Waals surface area contributed by atoms with Crippen LogP contribution in [0, 0.1) is 5.92 Å². The summed E-state index contributed by atoms with van der Waals surface area (Å²) in [7, 11) is 5.04. The molecular weight excluding hydrogens is 254 g/mol. The Morgan fingerprint density at radius 3 is 2.30 bits per heavy atom. The van der Waals surface area contributed by atoms with E-state index in [1.807, 2.05) is 6.07 Å². The highest BCUT2D eigenvalue weighted by atomic mass is 16.5. The van der Waals surface area contributed by atoms with Crippen LogP contribution in [0.3, 0.4) is 0 Å². The number of hydrogen-bond donors (Lipinski definition) is 1. The average Bonchev–Trinajstić information content (AvgIpc) is 2.53. The quantitative estimate of drug-likeness (QED) is 0.899. The zero-order valence-electron chi connectivity index (χ0n) is 12.9. The molecule has 0 bridgehead atoms.